The molecule has 0 fully saturated rings. The zero-order chi connectivity index (χ0) is 13.7. The first-order chi connectivity index (χ1) is 8.43. The van der Waals surface area contributed by atoms with E-state index in [1.165, 1.54) is 18.2 Å². The van der Waals surface area contributed by atoms with Crippen molar-refractivity contribution in [2.45, 2.75) is 19.8 Å². The average Bonchev–Trinajstić information content (AvgIpc) is 2.30. The predicted molar refractivity (Wildman–Crippen MR) is 67.4 cm³/mol. The fourth-order valence-electron chi connectivity index (χ4n) is 1.98. The molecular weight excluding hydrogens is 234 g/mol. The lowest BCUT2D eigenvalue weighted by molar-refractivity contribution is -0.141. The van der Waals surface area contributed by atoms with Crippen molar-refractivity contribution in [1.29, 1.82) is 0 Å². The summed E-state index contributed by atoms with van der Waals surface area (Å²) in [6.07, 6.45) is 0.949. The van der Waals surface area contributed by atoms with Crippen molar-refractivity contribution in [2.24, 2.45) is 17.6 Å². The van der Waals surface area contributed by atoms with Gasteiger partial charge in [0.2, 0.25) is 0 Å². The van der Waals surface area contributed by atoms with Gasteiger partial charge in [-0.25, -0.2) is 0 Å². The van der Waals surface area contributed by atoms with Crippen LogP contribution < -0.4 is 5.73 Å². The number of carboxylic acids is 1. The first kappa shape index (κ1) is 14.3. The molecule has 0 saturated heterocycles. The Hall–Kier alpha value is -1.75. The largest absolute Gasteiger partial charge is 0.508 e. The molecule has 100 valence electrons. The van der Waals surface area contributed by atoms with Gasteiger partial charge in [-0.1, -0.05) is 6.92 Å². The Morgan fingerprint density at radius 2 is 2.06 bits per heavy atom. The summed E-state index contributed by atoms with van der Waals surface area (Å²) in [5.41, 5.74) is 6.01. The maximum atomic E-state index is 10.9. The summed E-state index contributed by atoms with van der Waals surface area (Å²) in [6.45, 7) is 2.00. The Morgan fingerprint density at radius 3 is 2.61 bits per heavy atom. The molecule has 2 unspecified atom stereocenters. The van der Waals surface area contributed by atoms with Gasteiger partial charge in [0.25, 0.3) is 0 Å². The fourth-order valence-corrected chi connectivity index (χ4v) is 1.98. The Balaban J connectivity index is 2.66. The highest BCUT2D eigenvalue weighted by Gasteiger charge is 2.19. The van der Waals surface area contributed by atoms with Gasteiger partial charge in [-0.2, -0.15) is 0 Å². The van der Waals surface area contributed by atoms with E-state index in [2.05, 4.69) is 0 Å². The van der Waals surface area contributed by atoms with Crippen LogP contribution in [0.4, 0.5) is 0 Å². The van der Waals surface area contributed by atoms with Crippen LogP contribution in [0, 0.1) is 11.8 Å². The number of phenols is 2. The van der Waals surface area contributed by atoms with Crippen LogP contribution in [0.25, 0.3) is 0 Å². The van der Waals surface area contributed by atoms with Gasteiger partial charge in [0, 0.05) is 6.54 Å². The smallest absolute Gasteiger partial charge is 0.307 e. The third-order valence-electron chi connectivity index (χ3n) is 2.95. The maximum Gasteiger partial charge on any atom is 0.307 e. The number of aromatic hydroxyl groups is 2. The number of hydrogen-bond acceptors (Lipinski definition) is 4. The van der Waals surface area contributed by atoms with Crippen molar-refractivity contribution < 1.29 is 20.1 Å². The highest BCUT2D eigenvalue weighted by atomic mass is 16.4. The molecule has 0 heterocycles. The van der Waals surface area contributed by atoms with E-state index in [0.717, 1.165) is 0 Å². The summed E-state index contributed by atoms with van der Waals surface area (Å²) in [4.78, 5) is 10.9. The molecule has 1 aromatic rings. The van der Waals surface area contributed by atoms with Crippen LogP contribution >= 0.6 is 0 Å². The first-order valence-corrected chi connectivity index (χ1v) is 5.87. The van der Waals surface area contributed by atoms with E-state index >= 15 is 0 Å². The SMILES string of the molecule is CC(Cc1cc(O)ccc1O)CC(CN)C(=O)O. The molecule has 0 saturated carbocycles. The predicted octanol–water partition coefficient (Wildman–Crippen LogP) is 1.33. The molecule has 5 nitrogen and oxygen atoms in total. The lowest BCUT2D eigenvalue weighted by Crippen LogP contribution is -2.25. The molecule has 0 aliphatic carbocycles. The molecule has 1 rings (SSSR count). The van der Waals surface area contributed by atoms with E-state index in [0.29, 0.717) is 18.4 Å². The summed E-state index contributed by atoms with van der Waals surface area (Å²) < 4.78 is 0. The molecule has 0 amide bonds. The van der Waals surface area contributed by atoms with E-state index in [-0.39, 0.29) is 24.0 Å². The van der Waals surface area contributed by atoms with Crippen LogP contribution in [-0.4, -0.2) is 27.8 Å². The van der Waals surface area contributed by atoms with Crippen LogP contribution in [-0.2, 0) is 11.2 Å². The van der Waals surface area contributed by atoms with E-state index < -0.39 is 11.9 Å². The molecule has 0 bridgehead atoms. The Kier molecular flexibility index (Phi) is 4.97. The number of carbonyl (C=O) groups is 1. The molecule has 0 aliphatic heterocycles. The molecular formula is C13H19NO4. The molecule has 5 N–H and O–H groups in total. The van der Waals surface area contributed by atoms with E-state index in [1.54, 1.807) is 0 Å². The minimum atomic E-state index is -0.899. The number of benzene rings is 1. The lowest BCUT2D eigenvalue weighted by Gasteiger charge is -2.16. The number of nitrogens with two attached hydrogens (primary N) is 1. The molecule has 2 atom stereocenters. The molecule has 0 radical (unpaired) electrons. The average molecular weight is 253 g/mol. The molecule has 0 aliphatic rings. The fraction of sp³-hybridized carbons (Fsp3) is 0.462. The number of rotatable bonds is 6. The summed E-state index contributed by atoms with van der Waals surface area (Å²) in [6, 6.07) is 4.32. The van der Waals surface area contributed by atoms with E-state index in [1.807, 2.05) is 6.92 Å². The lowest BCUT2D eigenvalue weighted by atomic mass is 9.90. The standard InChI is InChI=1S/C13H19NO4/c1-8(5-10(7-14)13(17)18)4-9-6-11(15)2-3-12(9)16/h2-3,6,8,10,15-16H,4-5,7,14H2,1H3,(H,17,18). The van der Waals surface area contributed by atoms with Crippen LogP contribution in [0.1, 0.15) is 18.9 Å². The van der Waals surface area contributed by atoms with Crippen LogP contribution in [0.15, 0.2) is 18.2 Å². The summed E-state index contributed by atoms with van der Waals surface area (Å²) in [5.74, 6) is -1.21. The summed E-state index contributed by atoms with van der Waals surface area (Å²) in [7, 11) is 0. The number of carboxylic acid groups (broad SMARTS) is 1. The highest BCUT2D eigenvalue weighted by Crippen LogP contribution is 2.26. The van der Waals surface area contributed by atoms with Gasteiger partial charge in [0.15, 0.2) is 0 Å². The quantitative estimate of drug-likeness (QED) is 0.572. The van der Waals surface area contributed by atoms with Crippen LogP contribution in [0.2, 0.25) is 0 Å². The van der Waals surface area contributed by atoms with Crippen molar-refractivity contribution >= 4 is 5.97 Å². The monoisotopic (exact) mass is 253 g/mol. The minimum Gasteiger partial charge on any atom is -0.508 e. The minimum absolute atomic E-state index is 0.0577. The first-order valence-electron chi connectivity index (χ1n) is 5.87. The van der Waals surface area contributed by atoms with Gasteiger partial charge in [-0.05, 0) is 42.5 Å². The molecule has 5 heteroatoms. The molecule has 0 spiro atoms. The van der Waals surface area contributed by atoms with Crippen molar-refractivity contribution in [3.05, 3.63) is 23.8 Å². The third-order valence-corrected chi connectivity index (χ3v) is 2.95. The number of aliphatic carboxylic acids is 1. The van der Waals surface area contributed by atoms with E-state index in [9.17, 15) is 15.0 Å². The zero-order valence-corrected chi connectivity index (χ0v) is 10.3. The van der Waals surface area contributed by atoms with Crippen molar-refractivity contribution in [3.8, 4) is 11.5 Å². The maximum absolute atomic E-state index is 10.9. The molecule has 18 heavy (non-hydrogen) atoms. The Morgan fingerprint density at radius 1 is 1.39 bits per heavy atom. The van der Waals surface area contributed by atoms with Crippen molar-refractivity contribution in [1.82, 2.24) is 0 Å². The van der Waals surface area contributed by atoms with Gasteiger partial charge >= 0.3 is 5.97 Å². The topological polar surface area (TPSA) is 104 Å². The number of phenolic OH excluding ortho intramolecular Hbond substituents is 2. The van der Waals surface area contributed by atoms with Gasteiger partial charge in [-0.3, -0.25) is 4.79 Å². The zero-order valence-electron chi connectivity index (χ0n) is 10.3. The van der Waals surface area contributed by atoms with Gasteiger partial charge in [-0.15, -0.1) is 0 Å². The second-order valence-corrected chi connectivity index (χ2v) is 4.63. The Bertz CT molecular complexity index is 419. The van der Waals surface area contributed by atoms with Crippen molar-refractivity contribution in [2.75, 3.05) is 6.54 Å². The van der Waals surface area contributed by atoms with Gasteiger partial charge in [0.05, 0.1) is 5.92 Å². The second kappa shape index (κ2) is 6.26. The van der Waals surface area contributed by atoms with Gasteiger partial charge in [0.1, 0.15) is 11.5 Å². The van der Waals surface area contributed by atoms with Crippen molar-refractivity contribution in [3.63, 3.8) is 0 Å². The highest BCUT2D eigenvalue weighted by molar-refractivity contribution is 5.70. The van der Waals surface area contributed by atoms with Crippen LogP contribution in [0.3, 0.4) is 0 Å². The second-order valence-electron chi connectivity index (χ2n) is 4.63. The molecule has 0 aromatic heterocycles. The third kappa shape index (κ3) is 3.92. The van der Waals surface area contributed by atoms with Crippen LogP contribution in [0.5, 0.6) is 11.5 Å². The summed E-state index contributed by atoms with van der Waals surface area (Å²) in [5, 5.41) is 27.9. The number of hydrogen-bond donors (Lipinski definition) is 4. The van der Waals surface area contributed by atoms with E-state index in [4.69, 9.17) is 10.8 Å². The summed E-state index contributed by atoms with van der Waals surface area (Å²) >= 11 is 0. The Labute approximate surface area is 106 Å². The normalized spacial score (nSPS) is 14.1. The van der Waals surface area contributed by atoms with Gasteiger partial charge < -0.3 is 21.1 Å². The molecule has 1 aromatic carbocycles.